The Labute approximate surface area is 188 Å². The highest BCUT2D eigenvalue weighted by atomic mass is 35.5. The van der Waals surface area contributed by atoms with Crippen molar-refractivity contribution in [1.29, 1.82) is 0 Å². The monoisotopic (exact) mass is 475 g/mol. The average molecular weight is 476 g/mol. The van der Waals surface area contributed by atoms with Crippen molar-refractivity contribution in [3.63, 3.8) is 0 Å². The van der Waals surface area contributed by atoms with E-state index in [1.54, 1.807) is 48.7 Å². The Morgan fingerprint density at radius 1 is 1.19 bits per heavy atom. The van der Waals surface area contributed by atoms with Gasteiger partial charge in [0.2, 0.25) is 0 Å². The van der Waals surface area contributed by atoms with Gasteiger partial charge >= 0.3 is 5.97 Å². The Morgan fingerprint density at radius 3 is 2.65 bits per heavy atom. The van der Waals surface area contributed by atoms with Crippen LogP contribution in [0.4, 0.5) is 0 Å². The van der Waals surface area contributed by atoms with Crippen LogP contribution in [0.3, 0.4) is 0 Å². The first kappa shape index (κ1) is 21.5. The topological polar surface area (TPSA) is 91.1 Å². The van der Waals surface area contributed by atoms with Crippen molar-refractivity contribution in [3.05, 3.63) is 64.9 Å². The summed E-state index contributed by atoms with van der Waals surface area (Å²) in [6.07, 6.45) is 2.69. The van der Waals surface area contributed by atoms with E-state index in [9.17, 15) is 13.2 Å². The van der Waals surface area contributed by atoms with Gasteiger partial charge in [0.25, 0.3) is 10.0 Å². The molecule has 0 atom stereocenters. The van der Waals surface area contributed by atoms with Gasteiger partial charge in [0, 0.05) is 29.3 Å². The molecule has 1 aromatic carbocycles. The van der Waals surface area contributed by atoms with Crippen LogP contribution in [0.1, 0.15) is 18.5 Å². The van der Waals surface area contributed by atoms with Crippen LogP contribution in [0.5, 0.6) is 0 Å². The fourth-order valence-electron chi connectivity index (χ4n) is 3.31. The lowest BCUT2D eigenvalue weighted by Gasteiger charge is -2.12. The molecule has 7 nitrogen and oxygen atoms in total. The highest BCUT2D eigenvalue weighted by Gasteiger charge is 2.24. The summed E-state index contributed by atoms with van der Waals surface area (Å²) in [5, 5.41) is 2.96. The molecule has 0 aliphatic rings. The van der Waals surface area contributed by atoms with Crippen molar-refractivity contribution in [2.24, 2.45) is 0 Å². The molecule has 0 saturated carbocycles. The van der Waals surface area contributed by atoms with E-state index in [0.717, 1.165) is 10.6 Å². The second kappa shape index (κ2) is 8.78. The Kier molecular flexibility index (Phi) is 6.08. The number of ether oxygens (including phenoxy) is 1. The van der Waals surface area contributed by atoms with Crippen LogP contribution in [0.25, 0.3) is 21.6 Å². The Bertz CT molecular complexity index is 1330. The zero-order valence-corrected chi connectivity index (χ0v) is 18.9. The van der Waals surface area contributed by atoms with Gasteiger partial charge in [0.15, 0.2) is 0 Å². The van der Waals surface area contributed by atoms with Crippen molar-refractivity contribution >= 4 is 50.0 Å². The number of esters is 1. The number of nitrogens with zero attached hydrogens (tertiary/aromatic N) is 3. The van der Waals surface area contributed by atoms with Crippen LogP contribution >= 0.6 is 22.9 Å². The molecule has 0 N–H and O–H groups in total. The zero-order chi connectivity index (χ0) is 22.0. The summed E-state index contributed by atoms with van der Waals surface area (Å²) in [6.45, 7) is 0. The van der Waals surface area contributed by atoms with E-state index in [1.165, 1.54) is 22.4 Å². The molecule has 0 amide bonds. The number of fused-ring (bicyclic) bond motifs is 1. The molecule has 0 bridgehead atoms. The molecule has 0 spiro atoms. The first-order valence-electron chi connectivity index (χ1n) is 9.39. The molecule has 4 aromatic rings. The molecule has 0 radical (unpaired) electrons. The predicted molar refractivity (Wildman–Crippen MR) is 120 cm³/mol. The summed E-state index contributed by atoms with van der Waals surface area (Å²) >= 11 is 7.49. The fourth-order valence-corrected chi connectivity index (χ4v) is 5.66. The summed E-state index contributed by atoms with van der Waals surface area (Å²) in [7, 11) is -2.58. The van der Waals surface area contributed by atoms with Gasteiger partial charge in [-0.15, -0.1) is 11.3 Å². The largest absolute Gasteiger partial charge is 0.469 e. The maximum absolute atomic E-state index is 13.6. The molecular formula is C21H18ClN3O4S2. The molecule has 0 fully saturated rings. The van der Waals surface area contributed by atoms with E-state index in [2.05, 4.69) is 14.7 Å². The Balaban J connectivity index is 1.75. The second-order valence-corrected chi connectivity index (χ2v) is 9.80. The number of rotatable bonds is 7. The third-order valence-electron chi connectivity index (χ3n) is 4.76. The summed E-state index contributed by atoms with van der Waals surface area (Å²) in [4.78, 5) is 20.1. The number of halogens is 1. The van der Waals surface area contributed by atoms with E-state index in [1.807, 2.05) is 5.38 Å². The number of methoxy groups -OCH3 is 1. The molecule has 0 aliphatic carbocycles. The molecular weight excluding hydrogens is 458 g/mol. The van der Waals surface area contributed by atoms with Crippen LogP contribution in [0, 0.1) is 0 Å². The number of carbonyl (C=O) groups is 1. The molecule has 10 heteroatoms. The molecule has 0 unspecified atom stereocenters. The van der Waals surface area contributed by atoms with Crippen molar-refractivity contribution in [3.8, 4) is 10.6 Å². The number of aryl methyl sites for hydroxylation is 1. The van der Waals surface area contributed by atoms with E-state index < -0.39 is 10.0 Å². The number of carbonyl (C=O) groups excluding carboxylic acids is 1. The summed E-state index contributed by atoms with van der Waals surface area (Å²) in [6, 6.07) is 11.5. The molecule has 0 aliphatic heterocycles. The first-order valence-corrected chi connectivity index (χ1v) is 12.1. The van der Waals surface area contributed by atoms with Gasteiger partial charge < -0.3 is 4.74 Å². The molecule has 3 heterocycles. The number of hydrogen-bond donors (Lipinski definition) is 0. The van der Waals surface area contributed by atoms with E-state index in [4.69, 9.17) is 11.6 Å². The summed E-state index contributed by atoms with van der Waals surface area (Å²) in [5.74, 6) is -0.343. The lowest BCUT2D eigenvalue weighted by atomic mass is 10.2. The first-order chi connectivity index (χ1) is 14.9. The van der Waals surface area contributed by atoms with Gasteiger partial charge in [-0.2, -0.15) is 0 Å². The highest BCUT2D eigenvalue weighted by molar-refractivity contribution is 7.90. The molecule has 4 rings (SSSR count). The SMILES string of the molecule is COC(=O)CCCc1cc2nc(Cl)ccc2n1S(=O)(=O)c1ccc(-c2nccs2)cc1. The van der Waals surface area contributed by atoms with Crippen LogP contribution in [-0.4, -0.2) is 35.4 Å². The smallest absolute Gasteiger partial charge is 0.305 e. The van der Waals surface area contributed by atoms with Gasteiger partial charge in [-0.05, 0) is 43.2 Å². The van der Waals surface area contributed by atoms with Crippen LogP contribution in [0.15, 0.2) is 58.9 Å². The molecule has 160 valence electrons. The number of thiazole rings is 1. The van der Waals surface area contributed by atoms with Crippen molar-refractivity contribution in [2.75, 3.05) is 7.11 Å². The zero-order valence-electron chi connectivity index (χ0n) is 16.5. The minimum Gasteiger partial charge on any atom is -0.469 e. The van der Waals surface area contributed by atoms with E-state index in [0.29, 0.717) is 29.6 Å². The lowest BCUT2D eigenvalue weighted by molar-refractivity contribution is -0.140. The maximum atomic E-state index is 13.6. The number of hydrogen-bond acceptors (Lipinski definition) is 7. The quantitative estimate of drug-likeness (QED) is 0.288. The van der Waals surface area contributed by atoms with E-state index in [-0.39, 0.29) is 22.4 Å². The fraction of sp³-hybridized carbons (Fsp3) is 0.190. The molecule has 0 saturated heterocycles. The van der Waals surface area contributed by atoms with Crippen molar-refractivity contribution < 1.29 is 17.9 Å². The van der Waals surface area contributed by atoms with Gasteiger partial charge in [-0.25, -0.2) is 22.4 Å². The third-order valence-corrected chi connectivity index (χ3v) is 7.58. The summed E-state index contributed by atoms with van der Waals surface area (Å²) < 4.78 is 33.1. The van der Waals surface area contributed by atoms with Gasteiger partial charge in [0.05, 0.1) is 23.0 Å². The highest BCUT2D eigenvalue weighted by Crippen LogP contribution is 2.29. The standard InChI is InChI=1S/C21H18ClN3O4S2/c1-29-20(26)4-2-3-15-13-17-18(9-10-19(22)24-17)25(15)31(27,28)16-7-5-14(6-8-16)21-23-11-12-30-21/h5-13H,2-4H2,1H3. The molecule has 3 aromatic heterocycles. The minimum absolute atomic E-state index is 0.148. The number of benzene rings is 1. The van der Waals surface area contributed by atoms with Gasteiger partial charge in [0.1, 0.15) is 10.2 Å². The second-order valence-electron chi connectivity index (χ2n) is 6.73. The van der Waals surface area contributed by atoms with Crippen LogP contribution in [0.2, 0.25) is 5.15 Å². The van der Waals surface area contributed by atoms with Crippen LogP contribution < -0.4 is 0 Å². The third kappa shape index (κ3) is 4.34. The van der Waals surface area contributed by atoms with Crippen LogP contribution in [-0.2, 0) is 26.0 Å². The number of aromatic nitrogens is 3. The average Bonchev–Trinajstić information content (AvgIpc) is 3.41. The maximum Gasteiger partial charge on any atom is 0.305 e. The van der Waals surface area contributed by atoms with Crippen molar-refractivity contribution in [2.45, 2.75) is 24.2 Å². The minimum atomic E-state index is -3.91. The lowest BCUT2D eigenvalue weighted by Crippen LogP contribution is -2.16. The van der Waals surface area contributed by atoms with E-state index >= 15 is 0 Å². The Hall–Kier alpha value is -2.75. The Morgan fingerprint density at radius 2 is 1.97 bits per heavy atom. The van der Waals surface area contributed by atoms with Gasteiger partial charge in [-0.1, -0.05) is 23.7 Å². The normalized spacial score (nSPS) is 11.7. The number of pyridine rings is 1. The predicted octanol–water partition coefficient (Wildman–Crippen LogP) is 4.55. The summed E-state index contributed by atoms with van der Waals surface area (Å²) in [5.41, 5.74) is 2.28. The van der Waals surface area contributed by atoms with Crippen molar-refractivity contribution in [1.82, 2.24) is 13.9 Å². The van der Waals surface area contributed by atoms with Gasteiger partial charge in [-0.3, -0.25) is 4.79 Å². The molecule has 31 heavy (non-hydrogen) atoms.